The molecule has 0 spiro atoms. The number of furan rings is 1. The summed E-state index contributed by atoms with van der Waals surface area (Å²) in [6, 6.07) is 10.9. The van der Waals surface area contributed by atoms with Crippen molar-refractivity contribution in [3.05, 3.63) is 59.1 Å². The van der Waals surface area contributed by atoms with Crippen molar-refractivity contribution in [3.63, 3.8) is 0 Å². The molecule has 0 saturated carbocycles. The molecule has 2 aromatic heterocycles. The van der Waals surface area contributed by atoms with E-state index in [0.717, 1.165) is 5.56 Å². The number of hydrogen-bond donors (Lipinski definition) is 0. The minimum atomic E-state index is 0.0464. The molecule has 0 aliphatic carbocycles. The van der Waals surface area contributed by atoms with Crippen LogP contribution in [0.2, 0.25) is 5.02 Å². The van der Waals surface area contributed by atoms with Crippen molar-refractivity contribution in [2.24, 2.45) is 0 Å². The molecule has 0 N–H and O–H groups in total. The van der Waals surface area contributed by atoms with E-state index in [4.69, 9.17) is 20.5 Å². The van der Waals surface area contributed by atoms with Gasteiger partial charge in [0.25, 0.3) is 0 Å². The summed E-state index contributed by atoms with van der Waals surface area (Å²) < 4.78 is 10.5. The molecule has 0 bridgehead atoms. The van der Waals surface area contributed by atoms with Crippen molar-refractivity contribution < 1.29 is 13.7 Å². The summed E-state index contributed by atoms with van der Waals surface area (Å²) in [5.74, 6) is 1.64. The minimum absolute atomic E-state index is 0.0464. The van der Waals surface area contributed by atoms with Gasteiger partial charge in [0.05, 0.1) is 18.6 Å². The third-order valence-electron chi connectivity index (χ3n) is 4.07. The standard InChI is InChI=1S/C17H14ClN3O3/c18-13-5-2-1-4-11(13)8-15(22)21-9-12(10-21)17-19-16(20-24-17)14-6-3-7-23-14/h1-7,12H,8-10H2. The summed E-state index contributed by atoms with van der Waals surface area (Å²) >= 11 is 6.10. The molecule has 1 amide bonds. The predicted molar refractivity (Wildman–Crippen MR) is 86.5 cm³/mol. The van der Waals surface area contributed by atoms with E-state index in [1.807, 2.05) is 18.2 Å². The third kappa shape index (κ3) is 2.80. The molecule has 122 valence electrons. The Morgan fingerprint density at radius 2 is 2.08 bits per heavy atom. The van der Waals surface area contributed by atoms with Crippen LogP contribution in [0.5, 0.6) is 0 Å². The molecule has 0 atom stereocenters. The fraction of sp³-hybridized carbons (Fsp3) is 0.235. The zero-order chi connectivity index (χ0) is 16.5. The Labute approximate surface area is 143 Å². The van der Waals surface area contributed by atoms with Crippen LogP contribution in [0.15, 0.2) is 51.6 Å². The molecule has 1 saturated heterocycles. The van der Waals surface area contributed by atoms with Gasteiger partial charge in [-0.3, -0.25) is 4.79 Å². The van der Waals surface area contributed by atoms with Crippen LogP contribution < -0.4 is 0 Å². The average molecular weight is 344 g/mol. The van der Waals surface area contributed by atoms with E-state index in [9.17, 15) is 4.79 Å². The van der Waals surface area contributed by atoms with Gasteiger partial charge in [-0.2, -0.15) is 4.98 Å². The Balaban J connectivity index is 1.36. The molecule has 24 heavy (non-hydrogen) atoms. The maximum atomic E-state index is 12.3. The summed E-state index contributed by atoms with van der Waals surface area (Å²) in [6.07, 6.45) is 1.86. The zero-order valence-corrected chi connectivity index (χ0v) is 13.4. The number of carbonyl (C=O) groups excluding carboxylic acids is 1. The lowest BCUT2D eigenvalue weighted by atomic mass is 9.99. The van der Waals surface area contributed by atoms with Gasteiger partial charge in [0.15, 0.2) is 5.76 Å². The Hall–Kier alpha value is -2.60. The molecule has 3 aromatic rings. The SMILES string of the molecule is O=C(Cc1ccccc1Cl)N1CC(c2nc(-c3ccco3)no2)C1. The molecule has 7 heteroatoms. The van der Waals surface area contributed by atoms with E-state index in [2.05, 4.69) is 10.1 Å². The van der Waals surface area contributed by atoms with Gasteiger partial charge >= 0.3 is 0 Å². The molecule has 1 aliphatic rings. The molecule has 6 nitrogen and oxygen atoms in total. The van der Waals surface area contributed by atoms with Crippen molar-refractivity contribution in [1.82, 2.24) is 15.0 Å². The summed E-state index contributed by atoms with van der Waals surface area (Å²) in [7, 11) is 0. The van der Waals surface area contributed by atoms with Gasteiger partial charge in [0.2, 0.25) is 17.6 Å². The van der Waals surface area contributed by atoms with Gasteiger partial charge in [-0.1, -0.05) is 35.0 Å². The Bertz CT molecular complexity index is 854. The quantitative estimate of drug-likeness (QED) is 0.727. The lowest BCUT2D eigenvalue weighted by molar-refractivity contribution is -0.135. The molecule has 1 aromatic carbocycles. The first kappa shape index (κ1) is 15.0. The second-order valence-corrected chi connectivity index (χ2v) is 6.10. The first-order valence-electron chi connectivity index (χ1n) is 7.59. The van der Waals surface area contributed by atoms with Gasteiger partial charge in [0.1, 0.15) is 0 Å². The van der Waals surface area contributed by atoms with Crippen LogP contribution in [-0.2, 0) is 11.2 Å². The van der Waals surface area contributed by atoms with Crippen LogP contribution in [0.3, 0.4) is 0 Å². The van der Waals surface area contributed by atoms with Crippen LogP contribution in [0.25, 0.3) is 11.6 Å². The number of nitrogens with zero attached hydrogens (tertiary/aromatic N) is 3. The fourth-order valence-electron chi connectivity index (χ4n) is 2.66. The van der Waals surface area contributed by atoms with Crippen LogP contribution in [0.1, 0.15) is 17.4 Å². The van der Waals surface area contributed by atoms with Gasteiger partial charge in [-0.25, -0.2) is 0 Å². The maximum absolute atomic E-state index is 12.3. The van der Waals surface area contributed by atoms with Crippen LogP contribution in [0, 0.1) is 0 Å². The van der Waals surface area contributed by atoms with Crippen molar-refractivity contribution in [2.45, 2.75) is 12.3 Å². The highest BCUT2D eigenvalue weighted by Gasteiger charge is 2.35. The normalized spacial score (nSPS) is 14.6. The number of rotatable bonds is 4. The van der Waals surface area contributed by atoms with E-state index >= 15 is 0 Å². The fourth-order valence-corrected chi connectivity index (χ4v) is 2.86. The molecule has 0 radical (unpaired) electrons. The van der Waals surface area contributed by atoms with Crippen molar-refractivity contribution >= 4 is 17.5 Å². The maximum Gasteiger partial charge on any atom is 0.238 e. The molecule has 3 heterocycles. The van der Waals surface area contributed by atoms with Crippen LogP contribution in [-0.4, -0.2) is 34.0 Å². The van der Waals surface area contributed by atoms with E-state index in [1.54, 1.807) is 29.4 Å². The summed E-state index contributed by atoms with van der Waals surface area (Å²) in [4.78, 5) is 18.4. The summed E-state index contributed by atoms with van der Waals surface area (Å²) in [6.45, 7) is 1.14. The molecule has 1 aliphatic heterocycles. The van der Waals surface area contributed by atoms with Gasteiger partial charge in [0, 0.05) is 18.1 Å². The average Bonchev–Trinajstić information content (AvgIpc) is 3.19. The minimum Gasteiger partial charge on any atom is -0.461 e. The number of halogens is 1. The molecule has 1 fully saturated rings. The molecule has 4 rings (SSSR count). The first-order valence-corrected chi connectivity index (χ1v) is 7.97. The summed E-state index contributed by atoms with van der Waals surface area (Å²) in [5, 5.41) is 4.52. The van der Waals surface area contributed by atoms with Crippen LogP contribution in [0.4, 0.5) is 0 Å². The first-order chi connectivity index (χ1) is 11.7. The largest absolute Gasteiger partial charge is 0.461 e. The van der Waals surface area contributed by atoms with Crippen molar-refractivity contribution in [2.75, 3.05) is 13.1 Å². The second-order valence-electron chi connectivity index (χ2n) is 5.70. The number of carbonyl (C=O) groups is 1. The monoisotopic (exact) mass is 343 g/mol. The lowest BCUT2D eigenvalue weighted by Gasteiger charge is -2.37. The van der Waals surface area contributed by atoms with E-state index < -0.39 is 0 Å². The number of amides is 1. The lowest BCUT2D eigenvalue weighted by Crippen LogP contribution is -2.49. The number of likely N-dealkylation sites (tertiary alicyclic amines) is 1. The Morgan fingerprint density at radius 3 is 2.83 bits per heavy atom. The number of hydrogen-bond acceptors (Lipinski definition) is 5. The summed E-state index contributed by atoms with van der Waals surface area (Å²) in [5.41, 5.74) is 0.838. The topological polar surface area (TPSA) is 72.4 Å². The smallest absolute Gasteiger partial charge is 0.238 e. The zero-order valence-electron chi connectivity index (χ0n) is 12.7. The van der Waals surface area contributed by atoms with Gasteiger partial charge < -0.3 is 13.8 Å². The Morgan fingerprint density at radius 1 is 1.25 bits per heavy atom. The van der Waals surface area contributed by atoms with Crippen molar-refractivity contribution in [3.8, 4) is 11.6 Å². The highest BCUT2D eigenvalue weighted by atomic mass is 35.5. The van der Waals surface area contributed by atoms with Crippen LogP contribution >= 0.6 is 11.6 Å². The van der Waals surface area contributed by atoms with E-state index in [1.165, 1.54) is 0 Å². The molecular weight excluding hydrogens is 330 g/mol. The van der Waals surface area contributed by atoms with Crippen molar-refractivity contribution in [1.29, 1.82) is 0 Å². The molecule has 0 unspecified atom stereocenters. The molecular formula is C17H14ClN3O3. The number of benzene rings is 1. The third-order valence-corrected chi connectivity index (χ3v) is 4.44. The highest BCUT2D eigenvalue weighted by molar-refractivity contribution is 6.31. The number of aromatic nitrogens is 2. The van der Waals surface area contributed by atoms with E-state index in [-0.39, 0.29) is 11.8 Å². The van der Waals surface area contributed by atoms with Gasteiger partial charge in [-0.15, -0.1) is 0 Å². The van der Waals surface area contributed by atoms with E-state index in [0.29, 0.717) is 42.0 Å². The highest BCUT2D eigenvalue weighted by Crippen LogP contribution is 2.28. The van der Waals surface area contributed by atoms with Gasteiger partial charge in [-0.05, 0) is 23.8 Å². The second kappa shape index (κ2) is 6.13. The Kier molecular flexibility index (Phi) is 3.82. The predicted octanol–water partition coefficient (Wildman–Crippen LogP) is 3.15.